The van der Waals surface area contributed by atoms with Gasteiger partial charge in [0.15, 0.2) is 0 Å². The molecule has 3 aromatic carbocycles. The highest BCUT2D eigenvalue weighted by atomic mass is 32.2. The van der Waals surface area contributed by atoms with Crippen LogP contribution in [0.1, 0.15) is 61.0 Å². The number of rotatable bonds is 9. The second-order valence-electron chi connectivity index (χ2n) is 13.1. The molecule has 1 aromatic heterocycles. The third-order valence-corrected chi connectivity index (χ3v) is 12.6. The number of benzene rings is 3. The molecule has 2 N–H and O–H groups in total. The molecule has 4 bridgehead atoms. The van der Waals surface area contributed by atoms with E-state index in [9.17, 15) is 14.4 Å². The quantitative estimate of drug-likeness (QED) is 0.0814. The van der Waals surface area contributed by atoms with Gasteiger partial charge in [0.1, 0.15) is 33.4 Å². The lowest BCUT2D eigenvalue weighted by Crippen LogP contribution is -2.53. The number of hydrogen-bond acceptors (Lipinski definition) is 9. The van der Waals surface area contributed by atoms with E-state index in [1.807, 2.05) is 55.3 Å². The van der Waals surface area contributed by atoms with Crippen LogP contribution in [0.3, 0.4) is 0 Å². The van der Waals surface area contributed by atoms with Gasteiger partial charge >= 0.3 is 5.97 Å². The summed E-state index contributed by atoms with van der Waals surface area (Å²) in [5.74, 6) is -0.264. The zero-order valence-corrected chi connectivity index (χ0v) is 31.4. The first-order valence-corrected chi connectivity index (χ1v) is 20.0. The number of amides is 2. The molecule has 0 saturated carbocycles. The number of allylic oxidation sites excluding steroid dienone is 1. The molecule has 2 aliphatic rings. The summed E-state index contributed by atoms with van der Waals surface area (Å²) in [7, 11) is 0. The van der Waals surface area contributed by atoms with Crippen LogP contribution in [-0.2, 0) is 30.4 Å². The molecule has 11 heteroatoms. The van der Waals surface area contributed by atoms with Gasteiger partial charge in [-0.3, -0.25) is 14.6 Å². The molecule has 0 fully saturated rings. The Labute approximate surface area is 312 Å². The van der Waals surface area contributed by atoms with Crippen LogP contribution in [0.25, 0.3) is 0 Å². The largest absolute Gasteiger partial charge is 0.456 e. The number of thiazole rings is 1. The Morgan fingerprint density at radius 3 is 2.16 bits per heavy atom. The summed E-state index contributed by atoms with van der Waals surface area (Å²) >= 11 is 4.73. The molecule has 51 heavy (non-hydrogen) atoms. The number of nitrogens with one attached hydrogen (secondary N) is 2. The predicted molar refractivity (Wildman–Crippen MR) is 208 cm³/mol. The third kappa shape index (κ3) is 8.48. The monoisotopic (exact) mass is 738 g/mol. The number of hydrogen-bond donors (Lipinski definition) is 2. The molecule has 2 aliphatic heterocycles. The van der Waals surface area contributed by atoms with E-state index in [1.54, 1.807) is 13.0 Å². The molecule has 3 atom stereocenters. The molecule has 6 rings (SSSR count). The van der Waals surface area contributed by atoms with Crippen molar-refractivity contribution in [3.8, 4) is 0 Å². The molecule has 0 saturated heterocycles. The molecule has 2 amide bonds. The lowest BCUT2D eigenvalue weighted by atomic mass is 9.84. The zero-order chi connectivity index (χ0) is 35.8. The highest BCUT2D eigenvalue weighted by Gasteiger charge is 2.42. The van der Waals surface area contributed by atoms with Crippen molar-refractivity contribution in [1.82, 2.24) is 15.6 Å². The lowest BCUT2D eigenvalue weighted by molar-refractivity contribution is -0.153. The number of esters is 1. The minimum Gasteiger partial charge on any atom is -0.456 e. The fraction of sp³-hybridized carbons (Fsp3) is 0.325. The number of ether oxygens (including phenoxy) is 1. The summed E-state index contributed by atoms with van der Waals surface area (Å²) in [4.78, 5) is 49.7. The highest BCUT2D eigenvalue weighted by molar-refractivity contribution is 8.14. The normalized spacial score (nSPS) is 21.6. The topological polar surface area (TPSA) is 110 Å². The number of carbonyl (C=O) groups is 3. The second-order valence-corrected chi connectivity index (χ2v) is 16.3. The van der Waals surface area contributed by atoms with Gasteiger partial charge < -0.3 is 15.4 Å². The molecular weight excluding hydrogens is 697 g/mol. The number of thioether (sulfide) groups is 2. The molecule has 4 aromatic rings. The first-order chi connectivity index (χ1) is 24.7. The molecule has 8 nitrogen and oxygen atoms in total. The second kappa shape index (κ2) is 16.4. The summed E-state index contributed by atoms with van der Waals surface area (Å²) in [5.41, 5.74) is 3.18. The van der Waals surface area contributed by atoms with Gasteiger partial charge in [0, 0.05) is 11.1 Å². The van der Waals surface area contributed by atoms with Crippen molar-refractivity contribution >= 4 is 57.7 Å². The summed E-state index contributed by atoms with van der Waals surface area (Å²) in [6.45, 7) is 5.73. The van der Waals surface area contributed by atoms with Crippen LogP contribution in [0.2, 0.25) is 0 Å². The van der Waals surface area contributed by atoms with Gasteiger partial charge in [0.25, 0.3) is 0 Å². The van der Waals surface area contributed by atoms with Crippen molar-refractivity contribution in [1.29, 1.82) is 0 Å². The third-order valence-electron chi connectivity index (χ3n) is 8.89. The maximum Gasteiger partial charge on any atom is 0.329 e. The Kier molecular flexibility index (Phi) is 11.8. The molecule has 1 unspecified atom stereocenters. The van der Waals surface area contributed by atoms with Crippen LogP contribution in [-0.4, -0.2) is 57.0 Å². The van der Waals surface area contributed by atoms with Crippen molar-refractivity contribution < 1.29 is 19.1 Å². The highest BCUT2D eigenvalue weighted by Crippen LogP contribution is 2.48. The van der Waals surface area contributed by atoms with E-state index in [4.69, 9.17) is 9.73 Å². The van der Waals surface area contributed by atoms with Crippen LogP contribution in [0.15, 0.2) is 114 Å². The van der Waals surface area contributed by atoms with E-state index >= 15 is 0 Å². The van der Waals surface area contributed by atoms with Crippen LogP contribution in [0.4, 0.5) is 0 Å². The van der Waals surface area contributed by atoms with Gasteiger partial charge in [0.05, 0.1) is 17.7 Å². The number of aliphatic imine (C=N–C) groups is 1. The Morgan fingerprint density at radius 2 is 1.57 bits per heavy atom. The van der Waals surface area contributed by atoms with Gasteiger partial charge in [-0.1, -0.05) is 111 Å². The maximum atomic E-state index is 13.6. The van der Waals surface area contributed by atoms with Gasteiger partial charge in [0.2, 0.25) is 11.8 Å². The van der Waals surface area contributed by atoms with Crippen molar-refractivity contribution in [3.05, 3.63) is 136 Å². The smallest absolute Gasteiger partial charge is 0.329 e. The summed E-state index contributed by atoms with van der Waals surface area (Å²) in [5, 5.41) is 9.14. The first-order valence-electron chi connectivity index (χ1n) is 17.1. The summed E-state index contributed by atoms with van der Waals surface area (Å²) in [6.07, 6.45) is 3.55. The van der Waals surface area contributed by atoms with Gasteiger partial charge in [-0.2, -0.15) is 0 Å². The zero-order valence-electron chi connectivity index (χ0n) is 28.9. The van der Waals surface area contributed by atoms with Crippen LogP contribution in [0, 0.1) is 5.92 Å². The van der Waals surface area contributed by atoms with Gasteiger partial charge in [-0.25, -0.2) is 9.78 Å². The Bertz CT molecular complexity index is 1780. The Morgan fingerprint density at radius 1 is 0.961 bits per heavy atom. The first kappa shape index (κ1) is 36.6. The minimum absolute atomic E-state index is 0.0609. The maximum absolute atomic E-state index is 13.6. The number of fused-ring (bicyclic) bond motifs is 4. The fourth-order valence-corrected chi connectivity index (χ4v) is 9.52. The van der Waals surface area contributed by atoms with Crippen LogP contribution >= 0.6 is 34.9 Å². The molecule has 0 spiro atoms. The molecule has 0 radical (unpaired) electrons. The predicted octanol–water partition coefficient (Wildman–Crippen LogP) is 7.14. The number of aromatic nitrogens is 1. The van der Waals surface area contributed by atoms with E-state index < -0.39 is 28.4 Å². The van der Waals surface area contributed by atoms with Crippen LogP contribution in [0.5, 0.6) is 0 Å². The number of cyclic esters (lactones) is 1. The van der Waals surface area contributed by atoms with Crippen molar-refractivity contribution in [2.24, 2.45) is 10.9 Å². The van der Waals surface area contributed by atoms with Crippen molar-refractivity contribution in [2.75, 3.05) is 11.5 Å². The Hall–Kier alpha value is -4.19. The van der Waals surface area contributed by atoms with Gasteiger partial charge in [-0.15, -0.1) is 34.9 Å². The molecule has 0 aliphatic carbocycles. The molecule has 264 valence electrons. The average molecular weight is 739 g/mol. The van der Waals surface area contributed by atoms with Crippen molar-refractivity contribution in [2.45, 2.75) is 62.6 Å². The average Bonchev–Trinajstić information content (AvgIpc) is 3.79. The number of nitrogens with zero attached hydrogens (tertiary/aromatic N) is 2. The van der Waals surface area contributed by atoms with Crippen molar-refractivity contribution in [3.63, 3.8) is 0 Å². The van der Waals surface area contributed by atoms with E-state index in [2.05, 4.69) is 88.4 Å². The van der Waals surface area contributed by atoms with E-state index in [0.29, 0.717) is 22.9 Å². The molecular formula is C40H42N4O4S3. The van der Waals surface area contributed by atoms with Crippen LogP contribution < -0.4 is 10.6 Å². The van der Waals surface area contributed by atoms with E-state index in [1.165, 1.54) is 39.8 Å². The summed E-state index contributed by atoms with van der Waals surface area (Å²) < 4.78 is 5.52. The van der Waals surface area contributed by atoms with Gasteiger partial charge in [-0.05, 0) is 47.8 Å². The minimum atomic E-state index is -1.05. The lowest BCUT2D eigenvalue weighted by Gasteiger charge is -2.35. The Balaban J connectivity index is 1.23. The van der Waals surface area contributed by atoms with E-state index in [0.717, 1.165) is 10.8 Å². The standard InChI is InChI=1S/C40H42N4O4S3/c1-27(2)35-37(46)48-31(23-33(45)41-24-34-42-32(25-49-34)36-44-39(3,26-50-36)38(47)43-35)21-13-14-22-51-40(28-15-7-4-8-16-28,29-17-9-5-10-18-29)30-19-11-6-12-20-30/h4-13,15-21,25,27,31,35H,14,22-24,26H2,1-3H3,(H,41,45)(H,43,47)/b21-13+/t31?,35-,39-/m0/s1. The fourth-order valence-electron chi connectivity index (χ4n) is 6.13. The number of carbonyl (C=O) groups excluding carboxylic acids is 3. The SMILES string of the molecule is CC(C)[C@@H]1NC(=O)[C@]2(C)CSC(=N2)c2csc(n2)CNC(=O)CC(/C=C/CCSC(c2ccccc2)(c2ccccc2)c2ccccc2)OC1=O. The molecule has 3 heterocycles. The van der Waals surface area contributed by atoms with E-state index in [-0.39, 0.29) is 30.7 Å². The summed E-state index contributed by atoms with van der Waals surface area (Å²) in [6, 6.07) is 30.7.